The molecule has 6 heteroatoms. The van der Waals surface area contributed by atoms with Gasteiger partial charge in [-0.2, -0.15) is 5.26 Å². The number of nitrogens with one attached hydrogen (secondary N) is 1. The smallest absolute Gasteiger partial charge is 0.248 e. The van der Waals surface area contributed by atoms with Crippen molar-refractivity contribution in [1.29, 1.82) is 5.26 Å². The van der Waals surface area contributed by atoms with Crippen molar-refractivity contribution in [3.05, 3.63) is 65.2 Å². The Labute approximate surface area is 138 Å². The van der Waals surface area contributed by atoms with Gasteiger partial charge in [0.25, 0.3) is 0 Å². The fourth-order valence-electron chi connectivity index (χ4n) is 1.92. The first-order valence-electron chi connectivity index (χ1n) is 6.85. The van der Waals surface area contributed by atoms with Crippen molar-refractivity contribution in [2.24, 2.45) is 5.73 Å². The van der Waals surface area contributed by atoms with Gasteiger partial charge in [0, 0.05) is 17.0 Å². The van der Waals surface area contributed by atoms with Crippen LogP contribution < -0.4 is 11.1 Å². The number of anilines is 1. The number of nitrogens with two attached hydrogens (primary N) is 1. The van der Waals surface area contributed by atoms with Gasteiger partial charge in [-0.1, -0.05) is 18.2 Å². The van der Waals surface area contributed by atoms with Crippen LogP contribution in [-0.4, -0.2) is 17.6 Å². The molecule has 2 rings (SSSR count). The molecule has 0 spiro atoms. The molecule has 23 heavy (non-hydrogen) atoms. The van der Waals surface area contributed by atoms with Gasteiger partial charge in [-0.15, -0.1) is 11.8 Å². The van der Waals surface area contributed by atoms with E-state index in [2.05, 4.69) is 11.4 Å². The summed E-state index contributed by atoms with van der Waals surface area (Å²) in [4.78, 5) is 22.9. The zero-order chi connectivity index (χ0) is 16.7. The first-order chi connectivity index (χ1) is 11.1. The number of primary amides is 1. The summed E-state index contributed by atoms with van der Waals surface area (Å²) in [6.07, 6.45) is 0. The number of benzene rings is 2. The van der Waals surface area contributed by atoms with E-state index in [-0.39, 0.29) is 11.7 Å². The molecule has 2 aromatic carbocycles. The Morgan fingerprint density at radius 1 is 1.13 bits per heavy atom. The predicted octanol–water partition coefficient (Wildman–Crippen LogP) is 2.53. The number of nitriles is 1. The molecule has 0 radical (unpaired) electrons. The number of rotatable bonds is 6. The van der Waals surface area contributed by atoms with E-state index in [1.807, 2.05) is 18.2 Å². The average Bonchev–Trinajstić information content (AvgIpc) is 2.55. The van der Waals surface area contributed by atoms with Crippen molar-refractivity contribution in [2.75, 3.05) is 11.1 Å². The Hall–Kier alpha value is -2.78. The first-order valence-corrected chi connectivity index (χ1v) is 8.01. The van der Waals surface area contributed by atoms with Gasteiger partial charge in [0.05, 0.1) is 17.4 Å². The highest BCUT2D eigenvalue weighted by Gasteiger charge is 2.06. The number of amides is 2. The van der Waals surface area contributed by atoms with E-state index < -0.39 is 5.91 Å². The molecule has 2 amide bonds. The van der Waals surface area contributed by atoms with Crippen LogP contribution in [0, 0.1) is 11.3 Å². The molecule has 0 aromatic heterocycles. The Bertz CT molecular complexity index is 751. The molecule has 0 heterocycles. The summed E-state index contributed by atoms with van der Waals surface area (Å²) in [6, 6.07) is 15.9. The molecular formula is C17H15N3O2S. The molecule has 0 unspecified atom stereocenters. The zero-order valence-electron chi connectivity index (χ0n) is 12.3. The van der Waals surface area contributed by atoms with Crippen LogP contribution in [0.15, 0.2) is 48.5 Å². The fraction of sp³-hybridized carbons (Fsp3) is 0.118. The lowest BCUT2D eigenvalue weighted by Crippen LogP contribution is -2.15. The van der Waals surface area contributed by atoms with Crippen molar-refractivity contribution in [3.63, 3.8) is 0 Å². The second-order valence-electron chi connectivity index (χ2n) is 4.75. The molecule has 0 aliphatic carbocycles. The maximum absolute atomic E-state index is 11.9. The summed E-state index contributed by atoms with van der Waals surface area (Å²) in [5.74, 6) is 0.223. The van der Waals surface area contributed by atoms with Gasteiger partial charge in [-0.25, -0.2) is 0 Å². The van der Waals surface area contributed by atoms with Gasteiger partial charge in [-0.3, -0.25) is 9.59 Å². The van der Waals surface area contributed by atoms with Crippen molar-refractivity contribution < 1.29 is 9.59 Å². The molecule has 0 saturated heterocycles. The summed E-state index contributed by atoms with van der Waals surface area (Å²) in [7, 11) is 0. The average molecular weight is 325 g/mol. The summed E-state index contributed by atoms with van der Waals surface area (Å²) in [5, 5.41) is 11.8. The summed E-state index contributed by atoms with van der Waals surface area (Å²) >= 11 is 1.43. The van der Waals surface area contributed by atoms with Crippen molar-refractivity contribution in [3.8, 4) is 6.07 Å². The fourth-order valence-corrected chi connectivity index (χ4v) is 2.76. The SMILES string of the molecule is N#Cc1ccccc1CSCC(=O)Nc1ccc(C(N)=O)cc1. The number of thioether (sulfide) groups is 1. The van der Waals surface area contributed by atoms with Gasteiger partial charge >= 0.3 is 0 Å². The van der Waals surface area contributed by atoms with Gasteiger partial charge in [-0.05, 0) is 35.9 Å². The van der Waals surface area contributed by atoms with Crippen LogP contribution in [0.25, 0.3) is 0 Å². The number of carbonyl (C=O) groups excluding carboxylic acids is 2. The van der Waals surface area contributed by atoms with E-state index in [0.29, 0.717) is 22.6 Å². The van der Waals surface area contributed by atoms with Gasteiger partial charge < -0.3 is 11.1 Å². The number of carbonyl (C=O) groups is 2. The second kappa shape index (κ2) is 8.01. The quantitative estimate of drug-likeness (QED) is 0.853. The minimum atomic E-state index is -0.505. The van der Waals surface area contributed by atoms with E-state index in [9.17, 15) is 9.59 Å². The van der Waals surface area contributed by atoms with Crippen LogP contribution in [-0.2, 0) is 10.5 Å². The number of hydrogen-bond donors (Lipinski definition) is 2. The molecule has 0 fully saturated rings. The topological polar surface area (TPSA) is 96.0 Å². The predicted molar refractivity (Wildman–Crippen MR) is 90.9 cm³/mol. The normalized spacial score (nSPS) is 9.87. The largest absolute Gasteiger partial charge is 0.366 e. The summed E-state index contributed by atoms with van der Waals surface area (Å²) < 4.78 is 0. The molecule has 0 saturated carbocycles. The molecule has 2 aromatic rings. The lowest BCUT2D eigenvalue weighted by molar-refractivity contribution is -0.113. The lowest BCUT2D eigenvalue weighted by atomic mass is 10.1. The molecule has 0 bridgehead atoms. The standard InChI is InChI=1S/C17H15N3O2S/c18-9-13-3-1-2-4-14(13)10-23-11-16(21)20-15-7-5-12(6-8-15)17(19)22/h1-8H,10-11H2,(H2,19,22)(H,20,21). The van der Waals surface area contributed by atoms with E-state index in [1.54, 1.807) is 30.3 Å². The van der Waals surface area contributed by atoms with E-state index in [4.69, 9.17) is 11.0 Å². The van der Waals surface area contributed by atoms with Crippen LogP contribution in [0.5, 0.6) is 0 Å². The zero-order valence-corrected chi connectivity index (χ0v) is 13.1. The molecule has 0 aliphatic heterocycles. The van der Waals surface area contributed by atoms with Crippen molar-refractivity contribution in [2.45, 2.75) is 5.75 Å². The highest BCUT2D eigenvalue weighted by atomic mass is 32.2. The summed E-state index contributed by atoms with van der Waals surface area (Å²) in [6.45, 7) is 0. The first kappa shape index (κ1) is 16.6. The second-order valence-corrected chi connectivity index (χ2v) is 5.74. The van der Waals surface area contributed by atoms with Crippen LogP contribution in [0.4, 0.5) is 5.69 Å². The van der Waals surface area contributed by atoms with Crippen molar-refractivity contribution in [1.82, 2.24) is 0 Å². The van der Waals surface area contributed by atoms with E-state index in [1.165, 1.54) is 11.8 Å². The molecule has 0 aliphatic rings. The minimum Gasteiger partial charge on any atom is -0.366 e. The minimum absolute atomic E-state index is 0.142. The maximum atomic E-state index is 11.9. The highest BCUT2D eigenvalue weighted by molar-refractivity contribution is 7.99. The highest BCUT2D eigenvalue weighted by Crippen LogP contribution is 2.16. The van der Waals surface area contributed by atoms with Crippen LogP contribution in [0.3, 0.4) is 0 Å². The van der Waals surface area contributed by atoms with Crippen LogP contribution in [0.1, 0.15) is 21.5 Å². The molecule has 116 valence electrons. The molecule has 3 N–H and O–H groups in total. The molecule has 0 atom stereocenters. The third-order valence-corrected chi connectivity index (χ3v) is 4.06. The molecule has 5 nitrogen and oxygen atoms in total. The van der Waals surface area contributed by atoms with Crippen LogP contribution >= 0.6 is 11.8 Å². The monoisotopic (exact) mass is 325 g/mol. The number of nitrogens with zero attached hydrogens (tertiary/aromatic N) is 1. The lowest BCUT2D eigenvalue weighted by Gasteiger charge is -2.06. The van der Waals surface area contributed by atoms with Gasteiger partial charge in [0.2, 0.25) is 11.8 Å². The maximum Gasteiger partial charge on any atom is 0.248 e. The van der Waals surface area contributed by atoms with Gasteiger partial charge in [0.15, 0.2) is 0 Å². The Morgan fingerprint density at radius 3 is 2.48 bits per heavy atom. The van der Waals surface area contributed by atoms with Crippen LogP contribution in [0.2, 0.25) is 0 Å². The van der Waals surface area contributed by atoms with Gasteiger partial charge in [0.1, 0.15) is 0 Å². The Morgan fingerprint density at radius 2 is 1.83 bits per heavy atom. The van der Waals surface area contributed by atoms with Crippen molar-refractivity contribution >= 4 is 29.3 Å². The third-order valence-electron chi connectivity index (χ3n) is 3.08. The summed E-state index contributed by atoms with van der Waals surface area (Å²) in [5.41, 5.74) is 7.70. The molecular weight excluding hydrogens is 310 g/mol. The Balaban J connectivity index is 1.83. The third kappa shape index (κ3) is 4.87. The number of hydrogen-bond acceptors (Lipinski definition) is 4. The van der Waals surface area contributed by atoms with E-state index in [0.717, 1.165) is 5.56 Å². The van der Waals surface area contributed by atoms with E-state index >= 15 is 0 Å². The Kier molecular flexibility index (Phi) is 5.78.